The van der Waals surface area contributed by atoms with Crippen LogP contribution in [-0.2, 0) is 16.0 Å². The number of imide groups is 1. The van der Waals surface area contributed by atoms with E-state index in [0.717, 1.165) is 12.8 Å². The number of carbonyl (C=O) groups is 2. The van der Waals surface area contributed by atoms with Crippen molar-refractivity contribution in [2.45, 2.75) is 58.4 Å². The van der Waals surface area contributed by atoms with Gasteiger partial charge in [-0.2, -0.15) is 0 Å². The molecule has 2 amide bonds. The summed E-state index contributed by atoms with van der Waals surface area (Å²) in [5.74, 6) is -1.11. The lowest BCUT2D eigenvalue weighted by molar-refractivity contribution is -0.138. The van der Waals surface area contributed by atoms with Gasteiger partial charge in [0.1, 0.15) is 0 Å². The Labute approximate surface area is 186 Å². The van der Waals surface area contributed by atoms with Crippen LogP contribution in [0.5, 0.6) is 0 Å². The third-order valence-electron chi connectivity index (χ3n) is 8.46. The maximum Gasteiger partial charge on any atom is 0.233 e. The number of nitrogens with zero attached hydrogens (tertiary/aromatic N) is 1. The molecule has 0 bridgehead atoms. The number of amides is 2. The number of likely N-dealkylation sites (tertiary alicyclic amines) is 1. The highest BCUT2D eigenvalue weighted by Gasteiger charge is 2.63. The molecule has 1 aliphatic heterocycles. The average molecular weight is 436 g/mol. The minimum absolute atomic E-state index is 0.0674. The molecular weight excluding hydrogens is 402 g/mol. The largest absolute Gasteiger partial charge is 0.392 e. The van der Waals surface area contributed by atoms with Gasteiger partial charge in [-0.15, -0.1) is 0 Å². The lowest BCUT2D eigenvalue weighted by atomic mass is 9.60. The highest BCUT2D eigenvalue weighted by atomic mass is 28.3. The van der Waals surface area contributed by atoms with Crippen LogP contribution in [0.4, 0.5) is 0 Å². The molecule has 164 valence electrons. The highest BCUT2D eigenvalue weighted by molar-refractivity contribution is 6.83. The van der Waals surface area contributed by atoms with Gasteiger partial charge in [0.2, 0.25) is 11.8 Å². The van der Waals surface area contributed by atoms with Crippen molar-refractivity contribution < 1.29 is 14.7 Å². The number of carbonyl (C=O) groups excluding carboxylic acids is 2. The molecule has 1 heterocycles. The predicted octanol–water partition coefficient (Wildman–Crippen LogP) is 4.13. The molecule has 1 aromatic rings. The van der Waals surface area contributed by atoms with Gasteiger partial charge in [0.05, 0.1) is 26.0 Å². The first-order valence-corrected chi connectivity index (χ1v) is 15.0. The van der Waals surface area contributed by atoms with E-state index in [0.29, 0.717) is 12.8 Å². The minimum Gasteiger partial charge on any atom is -0.392 e. The monoisotopic (exact) mass is 435 g/mol. The lowest BCUT2D eigenvalue weighted by Crippen LogP contribution is -2.41. The third kappa shape index (κ3) is 2.89. The number of benzene rings is 1. The van der Waals surface area contributed by atoms with Crippen molar-refractivity contribution in [2.75, 3.05) is 7.05 Å². The molecule has 5 rings (SSSR count). The summed E-state index contributed by atoms with van der Waals surface area (Å²) >= 11 is 0. The molecule has 4 aliphatic rings. The van der Waals surface area contributed by atoms with Gasteiger partial charge < -0.3 is 5.11 Å². The molecule has 0 aromatic heterocycles. The van der Waals surface area contributed by atoms with Gasteiger partial charge in [-0.25, -0.2) is 0 Å². The Morgan fingerprint density at radius 1 is 1.10 bits per heavy atom. The molecule has 1 saturated heterocycles. The van der Waals surface area contributed by atoms with Crippen LogP contribution in [0.25, 0.3) is 0 Å². The van der Waals surface area contributed by atoms with E-state index in [9.17, 15) is 14.7 Å². The van der Waals surface area contributed by atoms with Crippen LogP contribution >= 0.6 is 0 Å². The summed E-state index contributed by atoms with van der Waals surface area (Å²) in [6.07, 6.45) is 2.62. The second-order valence-corrected chi connectivity index (χ2v) is 16.3. The number of hydrogen-bond donors (Lipinski definition) is 1. The molecule has 3 aliphatic carbocycles. The zero-order chi connectivity index (χ0) is 22.3. The molecule has 5 atom stereocenters. The van der Waals surface area contributed by atoms with Gasteiger partial charge in [0.15, 0.2) is 0 Å². The second kappa shape index (κ2) is 6.76. The summed E-state index contributed by atoms with van der Waals surface area (Å²) < 4.78 is 0. The Morgan fingerprint density at radius 3 is 2.42 bits per heavy atom. The standard InChI is InChI=1S/C26H33NO3Si/c1-15-17-11-18-21(25(30)27(2)24(18)29)22-19(28)13-26(23(17)22,14-20(15)31(3,4)5)12-16-9-7-6-8-10-16/h6-10,18-19,21-22,28H,11-14H2,1-5H3/t18-,19+,21-,22-,26+/m0/s1. The van der Waals surface area contributed by atoms with Gasteiger partial charge in [0.25, 0.3) is 0 Å². The summed E-state index contributed by atoms with van der Waals surface area (Å²) in [5.41, 5.74) is 5.08. The van der Waals surface area contributed by atoms with Crippen LogP contribution in [0.2, 0.25) is 19.6 Å². The Bertz CT molecular complexity index is 1030. The number of hydrogen-bond acceptors (Lipinski definition) is 3. The first-order valence-electron chi connectivity index (χ1n) is 11.5. The van der Waals surface area contributed by atoms with Crippen LogP contribution < -0.4 is 0 Å². The smallest absolute Gasteiger partial charge is 0.233 e. The molecule has 1 N–H and O–H groups in total. The van der Waals surface area contributed by atoms with E-state index in [-0.39, 0.29) is 29.1 Å². The number of rotatable bonds is 3. The quantitative estimate of drug-likeness (QED) is 0.574. The Kier molecular flexibility index (Phi) is 4.55. The van der Waals surface area contributed by atoms with Crippen LogP contribution in [0.15, 0.2) is 52.2 Å². The summed E-state index contributed by atoms with van der Waals surface area (Å²) in [6.45, 7) is 9.44. The molecule has 2 fully saturated rings. The van der Waals surface area contributed by atoms with Crippen LogP contribution in [0.1, 0.15) is 31.7 Å². The fourth-order valence-electron chi connectivity index (χ4n) is 7.20. The van der Waals surface area contributed by atoms with E-state index in [2.05, 4.69) is 50.8 Å². The summed E-state index contributed by atoms with van der Waals surface area (Å²) in [7, 11) is 0.0102. The van der Waals surface area contributed by atoms with Crippen molar-refractivity contribution in [3.8, 4) is 0 Å². The molecule has 1 aromatic carbocycles. The number of allylic oxidation sites excluding steroid dienone is 3. The second-order valence-electron chi connectivity index (χ2n) is 11.2. The molecule has 0 spiro atoms. The molecule has 1 saturated carbocycles. The van der Waals surface area contributed by atoms with Crippen LogP contribution in [0.3, 0.4) is 0 Å². The van der Waals surface area contributed by atoms with Crippen molar-refractivity contribution in [3.05, 3.63) is 57.8 Å². The van der Waals surface area contributed by atoms with Gasteiger partial charge in [-0.1, -0.05) is 66.3 Å². The minimum atomic E-state index is -1.60. The summed E-state index contributed by atoms with van der Waals surface area (Å²) in [4.78, 5) is 27.4. The van der Waals surface area contributed by atoms with Crippen LogP contribution in [0, 0.1) is 23.2 Å². The molecule has 0 radical (unpaired) electrons. The van der Waals surface area contributed by atoms with Crippen molar-refractivity contribution in [1.29, 1.82) is 0 Å². The zero-order valence-electron chi connectivity index (χ0n) is 19.2. The fraction of sp³-hybridized carbons (Fsp3) is 0.538. The first kappa shape index (κ1) is 20.9. The van der Waals surface area contributed by atoms with E-state index in [1.807, 2.05) is 6.07 Å². The SMILES string of the molecule is CC1=C([Si](C)(C)C)C[C@@]2(Cc3ccccc3)C[C@@H](O)[C@@H]3C2=C1C[C@@H]1C(=O)N(C)C(=O)[C@H]31. The predicted molar refractivity (Wildman–Crippen MR) is 124 cm³/mol. The lowest BCUT2D eigenvalue weighted by Gasteiger charge is -2.46. The van der Waals surface area contributed by atoms with E-state index < -0.39 is 20.1 Å². The van der Waals surface area contributed by atoms with Crippen molar-refractivity contribution in [2.24, 2.45) is 23.2 Å². The molecule has 5 heteroatoms. The summed E-state index contributed by atoms with van der Waals surface area (Å²) in [6, 6.07) is 10.6. The number of aliphatic hydroxyl groups excluding tert-OH is 1. The maximum absolute atomic E-state index is 13.1. The van der Waals surface area contributed by atoms with Gasteiger partial charge in [-0.05, 0) is 43.7 Å². The molecular formula is C26H33NO3Si. The van der Waals surface area contributed by atoms with Crippen LogP contribution in [-0.4, -0.2) is 43.0 Å². The number of aliphatic hydroxyl groups is 1. The van der Waals surface area contributed by atoms with Crippen molar-refractivity contribution >= 4 is 19.9 Å². The zero-order valence-corrected chi connectivity index (χ0v) is 20.2. The van der Waals surface area contributed by atoms with E-state index in [1.165, 1.54) is 27.2 Å². The molecule has 0 unspecified atom stereocenters. The Hall–Kier alpha value is -1.98. The van der Waals surface area contributed by atoms with Crippen molar-refractivity contribution in [1.82, 2.24) is 4.90 Å². The van der Waals surface area contributed by atoms with Gasteiger partial charge >= 0.3 is 0 Å². The third-order valence-corrected chi connectivity index (χ3v) is 10.8. The Morgan fingerprint density at radius 2 is 1.77 bits per heavy atom. The number of fused-ring (bicyclic) bond motifs is 2. The van der Waals surface area contributed by atoms with Gasteiger partial charge in [-0.3, -0.25) is 14.5 Å². The van der Waals surface area contributed by atoms with E-state index in [1.54, 1.807) is 12.2 Å². The maximum atomic E-state index is 13.1. The first-order chi connectivity index (χ1) is 14.5. The highest BCUT2D eigenvalue weighted by Crippen LogP contribution is 2.64. The normalized spacial score (nSPS) is 35.1. The van der Waals surface area contributed by atoms with Crippen molar-refractivity contribution in [3.63, 3.8) is 0 Å². The average Bonchev–Trinajstić information content (AvgIpc) is 3.11. The topological polar surface area (TPSA) is 57.6 Å². The van der Waals surface area contributed by atoms with Gasteiger partial charge in [0, 0.05) is 18.4 Å². The van der Waals surface area contributed by atoms with E-state index >= 15 is 0 Å². The molecule has 31 heavy (non-hydrogen) atoms. The molecule has 4 nitrogen and oxygen atoms in total. The Balaban J connectivity index is 1.72. The summed E-state index contributed by atoms with van der Waals surface area (Å²) in [5, 5.41) is 13.0. The fourth-order valence-corrected chi connectivity index (χ4v) is 9.34. The van der Waals surface area contributed by atoms with E-state index in [4.69, 9.17) is 0 Å².